The van der Waals surface area contributed by atoms with Crippen LogP contribution in [0.2, 0.25) is 0 Å². The van der Waals surface area contributed by atoms with E-state index in [9.17, 15) is 23.2 Å². The number of ether oxygens (including phenoxy) is 1. The van der Waals surface area contributed by atoms with Gasteiger partial charge in [0.2, 0.25) is 17.7 Å². The van der Waals surface area contributed by atoms with Crippen LogP contribution < -0.4 is 10.6 Å². The number of nitrogens with one attached hydrogen (secondary N) is 2. The van der Waals surface area contributed by atoms with Crippen molar-refractivity contribution in [1.82, 2.24) is 25.5 Å². The third-order valence-corrected chi connectivity index (χ3v) is 12.1. The maximum atomic E-state index is 13.9. The Hall–Kier alpha value is -2.74. The van der Waals surface area contributed by atoms with Crippen LogP contribution in [0.1, 0.15) is 83.8 Å². The lowest BCUT2D eigenvalue weighted by Crippen LogP contribution is -2.58. The molecule has 1 spiro atoms. The molecule has 3 atom stereocenters. The number of allylic oxidation sites excluding steroid dienone is 1. The predicted molar refractivity (Wildman–Crippen MR) is 184 cm³/mol. The van der Waals surface area contributed by atoms with Gasteiger partial charge in [0, 0.05) is 39.0 Å². The lowest BCUT2D eigenvalue weighted by molar-refractivity contribution is -0.147. The molecular formula is C36H51F2N5O5S. The summed E-state index contributed by atoms with van der Waals surface area (Å²) in [4.78, 5) is 45.2. The van der Waals surface area contributed by atoms with Crippen molar-refractivity contribution >= 4 is 34.7 Å². The number of amides is 3. The maximum absolute atomic E-state index is 13.9. The molecule has 10 nitrogen and oxygen atoms in total. The highest BCUT2D eigenvalue weighted by Crippen LogP contribution is 2.52. The van der Waals surface area contributed by atoms with Gasteiger partial charge in [-0.05, 0) is 80.5 Å². The Labute approximate surface area is 292 Å². The Morgan fingerprint density at radius 1 is 1.08 bits per heavy atom. The molecule has 5 aliphatic rings. The number of likely N-dealkylation sites (tertiary alicyclic amines) is 2. The van der Waals surface area contributed by atoms with Gasteiger partial charge in [-0.1, -0.05) is 45.0 Å². The van der Waals surface area contributed by atoms with Gasteiger partial charge in [-0.25, -0.2) is 13.8 Å². The smallest absolute Gasteiger partial charge is 0.252 e. The lowest BCUT2D eigenvalue weighted by atomic mass is 9.61. The van der Waals surface area contributed by atoms with Crippen molar-refractivity contribution in [3.05, 3.63) is 41.1 Å². The van der Waals surface area contributed by atoms with Gasteiger partial charge in [-0.15, -0.1) is 0 Å². The molecule has 3 amide bonds. The summed E-state index contributed by atoms with van der Waals surface area (Å²) >= 11 is 1.32. The lowest BCUT2D eigenvalue weighted by Gasteiger charge is -2.52. The normalized spacial score (nSPS) is 25.8. The topological polar surface area (TPSA) is 103 Å². The number of hydroxylamine groups is 2. The number of alkyl halides is 2. The molecule has 2 saturated heterocycles. The van der Waals surface area contributed by atoms with Crippen LogP contribution >= 0.6 is 12.0 Å². The van der Waals surface area contributed by atoms with Crippen molar-refractivity contribution in [2.24, 2.45) is 16.7 Å². The zero-order valence-electron chi connectivity index (χ0n) is 29.4. The molecule has 3 heterocycles. The van der Waals surface area contributed by atoms with Crippen LogP contribution in [0.3, 0.4) is 0 Å². The zero-order chi connectivity index (χ0) is 35.1. The summed E-state index contributed by atoms with van der Waals surface area (Å²) in [5.74, 6) is -3.76. The molecule has 0 radical (unpaired) electrons. The molecule has 1 aromatic carbocycles. The van der Waals surface area contributed by atoms with Crippen LogP contribution in [0.5, 0.6) is 0 Å². The van der Waals surface area contributed by atoms with Gasteiger partial charge in [0.1, 0.15) is 18.7 Å². The molecule has 3 aliphatic heterocycles. The number of benzene rings is 1. The fourth-order valence-electron chi connectivity index (χ4n) is 7.63. The third-order valence-electron chi connectivity index (χ3n) is 11.1. The molecule has 2 aliphatic carbocycles. The van der Waals surface area contributed by atoms with Crippen molar-refractivity contribution < 1.29 is 32.2 Å². The van der Waals surface area contributed by atoms with Crippen molar-refractivity contribution in [2.75, 3.05) is 39.8 Å². The highest BCUT2D eigenvalue weighted by Gasteiger charge is 2.57. The number of piperidine rings is 1. The van der Waals surface area contributed by atoms with Crippen LogP contribution in [-0.4, -0.2) is 96.5 Å². The number of hydrogen-bond acceptors (Lipinski definition) is 8. The van der Waals surface area contributed by atoms with Gasteiger partial charge in [-0.2, -0.15) is 4.28 Å². The first kappa shape index (κ1) is 36.1. The maximum Gasteiger partial charge on any atom is 0.252 e. The van der Waals surface area contributed by atoms with Crippen LogP contribution in [0.15, 0.2) is 30.0 Å². The molecule has 2 saturated carbocycles. The highest BCUT2D eigenvalue weighted by atomic mass is 32.2. The summed E-state index contributed by atoms with van der Waals surface area (Å²) in [7, 11) is 1.87. The molecule has 13 heteroatoms. The molecule has 0 aromatic heterocycles. The molecule has 6 rings (SSSR count). The SMILES string of the molecule is CC1=C(c2ccc(CNC(=O)C3CCCN3C(=O)C(NC(=O)COC3CC4(CCN(CC5CC5(F)F)CC4)C3)C(C)(C)C)cc2)SON1C. The van der Waals surface area contributed by atoms with Gasteiger partial charge in [0.05, 0.1) is 28.7 Å². The molecule has 270 valence electrons. The fourth-order valence-corrected chi connectivity index (χ4v) is 8.41. The minimum absolute atomic E-state index is 0.0183. The Morgan fingerprint density at radius 3 is 2.35 bits per heavy atom. The first-order chi connectivity index (χ1) is 23.1. The number of carbonyl (C=O) groups is 3. The van der Waals surface area contributed by atoms with Gasteiger partial charge < -0.3 is 25.2 Å². The van der Waals surface area contributed by atoms with Crippen LogP contribution in [-0.2, 0) is 29.9 Å². The average Bonchev–Trinajstić information content (AvgIpc) is 3.35. The van der Waals surface area contributed by atoms with E-state index in [1.807, 2.05) is 59.0 Å². The van der Waals surface area contributed by atoms with E-state index < -0.39 is 29.3 Å². The molecule has 0 bridgehead atoms. The van der Waals surface area contributed by atoms with E-state index in [1.54, 1.807) is 9.96 Å². The van der Waals surface area contributed by atoms with E-state index in [0.717, 1.165) is 60.5 Å². The van der Waals surface area contributed by atoms with Gasteiger partial charge in [0.15, 0.2) is 0 Å². The van der Waals surface area contributed by atoms with E-state index >= 15 is 0 Å². The Balaban J connectivity index is 0.951. The Kier molecular flexibility index (Phi) is 10.4. The Morgan fingerprint density at radius 2 is 1.76 bits per heavy atom. The number of carbonyl (C=O) groups excluding carboxylic acids is 3. The molecule has 49 heavy (non-hydrogen) atoms. The summed E-state index contributed by atoms with van der Waals surface area (Å²) in [6, 6.07) is 6.57. The fraction of sp³-hybridized carbons (Fsp3) is 0.694. The summed E-state index contributed by atoms with van der Waals surface area (Å²) in [5, 5.41) is 7.67. The monoisotopic (exact) mass is 703 g/mol. The van der Waals surface area contributed by atoms with Crippen molar-refractivity contribution in [3.63, 3.8) is 0 Å². The highest BCUT2D eigenvalue weighted by molar-refractivity contribution is 8.04. The minimum Gasteiger partial charge on any atom is -0.368 e. The van der Waals surface area contributed by atoms with Gasteiger partial charge in [-0.3, -0.25) is 14.4 Å². The van der Waals surface area contributed by atoms with E-state index in [-0.39, 0.29) is 42.3 Å². The van der Waals surface area contributed by atoms with Crippen molar-refractivity contribution in [1.29, 1.82) is 0 Å². The molecular weight excluding hydrogens is 652 g/mol. The van der Waals surface area contributed by atoms with E-state index in [1.165, 1.54) is 12.0 Å². The number of hydrogen-bond donors (Lipinski definition) is 2. The Bertz CT molecular complexity index is 1430. The van der Waals surface area contributed by atoms with Gasteiger partial charge >= 0.3 is 0 Å². The largest absolute Gasteiger partial charge is 0.368 e. The molecule has 1 aromatic rings. The van der Waals surface area contributed by atoms with Crippen LogP contribution in [0.4, 0.5) is 8.78 Å². The van der Waals surface area contributed by atoms with Gasteiger partial charge in [0.25, 0.3) is 5.92 Å². The zero-order valence-corrected chi connectivity index (χ0v) is 30.2. The van der Waals surface area contributed by atoms with Crippen LogP contribution in [0.25, 0.3) is 4.91 Å². The minimum atomic E-state index is -2.47. The quantitative estimate of drug-likeness (QED) is 0.312. The van der Waals surface area contributed by atoms with E-state index in [4.69, 9.17) is 9.02 Å². The van der Waals surface area contributed by atoms with Crippen molar-refractivity contribution in [3.8, 4) is 0 Å². The number of rotatable bonds is 11. The van der Waals surface area contributed by atoms with Crippen LogP contribution in [0, 0.1) is 16.7 Å². The molecule has 4 fully saturated rings. The summed E-state index contributed by atoms with van der Waals surface area (Å²) < 4.78 is 38.1. The second-order valence-electron chi connectivity index (χ2n) is 15.8. The number of halogens is 2. The standard InChI is InChI=1S/C36H51F2N5O5S/c1-23-30(49-48-41(23)5)25-10-8-24(9-11-25)20-39-32(45)28-7-6-14-43(28)33(46)31(34(2,3)4)40-29(44)22-47-27-18-35(19-27)12-15-42(16-13-35)21-26-17-36(26,37)38/h8-11,26-28,31H,6-7,12-22H2,1-5H3,(H,39,45)(H,40,44). The first-order valence-electron chi connectivity index (χ1n) is 17.6. The van der Waals surface area contributed by atoms with E-state index in [0.29, 0.717) is 32.5 Å². The molecule has 3 unspecified atom stereocenters. The molecule has 2 N–H and O–H groups in total. The number of nitrogens with zero attached hydrogens (tertiary/aromatic N) is 3. The summed E-state index contributed by atoms with van der Waals surface area (Å²) in [6.45, 7) is 10.6. The average molecular weight is 704 g/mol. The predicted octanol–water partition coefficient (Wildman–Crippen LogP) is 4.95. The third kappa shape index (κ3) is 8.26. The second kappa shape index (κ2) is 14.1. The van der Waals surface area contributed by atoms with E-state index in [2.05, 4.69) is 15.5 Å². The van der Waals surface area contributed by atoms with Crippen molar-refractivity contribution in [2.45, 2.75) is 103 Å². The second-order valence-corrected chi connectivity index (χ2v) is 16.6. The summed E-state index contributed by atoms with van der Waals surface area (Å²) in [5.41, 5.74) is 2.64. The summed E-state index contributed by atoms with van der Waals surface area (Å²) in [6.07, 6.45) is 4.96. The first-order valence-corrected chi connectivity index (χ1v) is 18.4.